The van der Waals surface area contributed by atoms with Crippen molar-refractivity contribution in [1.29, 1.82) is 0 Å². The summed E-state index contributed by atoms with van der Waals surface area (Å²) in [6, 6.07) is 0. The van der Waals surface area contributed by atoms with Gasteiger partial charge in [0.25, 0.3) is 0 Å². The minimum absolute atomic E-state index is 0. The fourth-order valence-electron chi connectivity index (χ4n) is 0. The van der Waals surface area contributed by atoms with Gasteiger partial charge in [-0.2, -0.15) is 0 Å². The van der Waals surface area contributed by atoms with E-state index < -0.39 is 23.7 Å². The number of halogens is 3. The molecule has 0 N–H and O–H groups in total. The molecule has 0 fully saturated rings. The Bertz CT molecular complexity index is 234. The molecule has 0 unspecified atom stereocenters. The first-order valence-corrected chi connectivity index (χ1v) is 6.45. The average Bonchev–Trinajstić information content (AvgIpc) is 1.41. The Morgan fingerprint density at radius 3 is 0.524 bits per heavy atom. The fourth-order valence-corrected chi connectivity index (χ4v) is 0. The van der Waals surface area contributed by atoms with Gasteiger partial charge < -0.3 is 43.1 Å². The van der Waals surface area contributed by atoms with Crippen LogP contribution in [0.5, 0.6) is 0 Å². The quantitative estimate of drug-likeness (QED) is 0.213. The summed E-state index contributed by atoms with van der Waals surface area (Å²) in [6.45, 7) is 0. The van der Waals surface area contributed by atoms with Gasteiger partial charge in [0.15, 0.2) is 0 Å². The average molecular weight is 540 g/mol. The van der Waals surface area contributed by atoms with Crippen LogP contribution in [0.3, 0.4) is 0 Å². The summed E-state index contributed by atoms with van der Waals surface area (Å²) in [6.07, 6.45) is 0. The van der Waals surface area contributed by atoms with E-state index in [-0.39, 0.29) is 172 Å². The molecule has 0 amide bonds. The zero-order valence-electron chi connectivity index (χ0n) is 8.01. The van der Waals surface area contributed by atoms with Gasteiger partial charge in [-0.3, -0.25) is 0 Å². The second-order valence-corrected chi connectivity index (χ2v) is 3.88. The second kappa shape index (κ2) is 27.8. The van der Waals surface area contributed by atoms with Gasteiger partial charge in [0.1, 0.15) is 23.7 Å². The van der Waals surface area contributed by atoms with E-state index in [1.807, 2.05) is 0 Å². The summed E-state index contributed by atoms with van der Waals surface area (Å²) in [5.74, 6) is 0. The van der Waals surface area contributed by atoms with Crippen molar-refractivity contribution in [1.82, 2.24) is 0 Å². The molecule has 0 aromatic carbocycles. The molecule has 116 valence electrons. The molecule has 9 nitrogen and oxygen atoms in total. The maximum atomic E-state index is 10.1. The molecule has 0 spiro atoms. The Morgan fingerprint density at radius 1 is 0.524 bits per heavy atom. The first kappa shape index (κ1) is 56.3. The predicted molar refractivity (Wildman–Crippen MR) is 51.9 cm³/mol. The molecule has 0 bridgehead atoms. The summed E-state index contributed by atoms with van der Waals surface area (Å²) in [5, 5.41) is 0. The molecular formula is H2Al2F3Fe2K2O9P3. The van der Waals surface area contributed by atoms with Crippen LogP contribution in [0.1, 0.15) is 0 Å². The summed E-state index contributed by atoms with van der Waals surface area (Å²) in [5.41, 5.74) is 0. The topological polar surface area (TPSA) is 190 Å². The van der Waals surface area contributed by atoms with E-state index in [1.54, 1.807) is 0 Å². The van der Waals surface area contributed by atoms with Gasteiger partial charge in [0, 0.05) is 34.7 Å². The summed E-state index contributed by atoms with van der Waals surface area (Å²) < 4.78 is 55.7. The van der Waals surface area contributed by atoms with Crippen LogP contribution in [0.25, 0.3) is 0 Å². The molecule has 21 heavy (non-hydrogen) atoms. The van der Waals surface area contributed by atoms with Gasteiger partial charge in [0.05, 0.1) is 0 Å². The maximum absolute atomic E-state index is 10.1. The van der Waals surface area contributed by atoms with E-state index in [1.165, 1.54) is 0 Å². The summed E-state index contributed by atoms with van der Waals surface area (Å²) >= 11 is 0. The van der Waals surface area contributed by atoms with Crippen molar-refractivity contribution in [3.05, 3.63) is 0 Å². The molecule has 21 heteroatoms. The van der Waals surface area contributed by atoms with Crippen LogP contribution < -0.4 is 29.4 Å². The molecule has 0 rings (SSSR count). The molecule has 0 heterocycles. The molecular weight excluding hydrogens is 538 g/mol. The van der Waals surface area contributed by atoms with Crippen molar-refractivity contribution in [2.24, 2.45) is 0 Å². The molecule has 0 aromatic heterocycles. The Morgan fingerprint density at radius 2 is 0.524 bits per heavy atom. The normalized spacial score (nSPS) is 8.43. The molecule has 0 aliphatic rings. The van der Waals surface area contributed by atoms with Crippen molar-refractivity contribution in [3.63, 3.8) is 0 Å². The second-order valence-electron chi connectivity index (χ2n) is 1.29. The fraction of sp³-hybridized carbons (Fsp3) is 0. The van der Waals surface area contributed by atoms with Crippen LogP contribution >= 0.6 is 23.7 Å². The number of hydrogen-bond acceptors (Lipinski definition) is 9. The Kier molecular flexibility index (Phi) is 74.6. The van der Waals surface area contributed by atoms with Crippen molar-refractivity contribution in [2.45, 2.75) is 0 Å². The van der Waals surface area contributed by atoms with Crippen molar-refractivity contribution >= 4 is 161 Å². The minimum atomic E-state index is -5.64. The van der Waals surface area contributed by atoms with Gasteiger partial charge in [-0.15, -0.1) is 0 Å². The van der Waals surface area contributed by atoms with Gasteiger partial charge in [0.2, 0.25) is 0 Å². The van der Waals surface area contributed by atoms with Gasteiger partial charge in [-0.1, -0.05) is 0 Å². The third-order valence-corrected chi connectivity index (χ3v) is 0. The third kappa shape index (κ3) is 453. The molecule has 0 aliphatic heterocycles. The predicted octanol–water partition coefficient (Wildman–Crippen LogP) is -5.71. The Balaban J connectivity index is -0.0000000129. The van der Waals surface area contributed by atoms with Crippen LogP contribution in [0.15, 0.2) is 0 Å². The van der Waals surface area contributed by atoms with Crippen molar-refractivity contribution in [3.8, 4) is 0 Å². The van der Waals surface area contributed by atoms with E-state index in [4.69, 9.17) is 43.1 Å². The van der Waals surface area contributed by atoms with E-state index in [0.29, 0.717) is 0 Å². The monoisotopic (exact) mass is 540 g/mol. The SMILES string of the molecule is O=P([O-])([O-])F.O=P([O-])([O-])F.O=P([O-])([O-])F.[Al].[Al].[Fe+3].[Fe+3].[KH].[KH]. The summed E-state index contributed by atoms with van der Waals surface area (Å²) in [7, 11) is -16.9. The van der Waals surface area contributed by atoms with E-state index in [2.05, 4.69) is 0 Å². The van der Waals surface area contributed by atoms with Crippen LogP contribution in [-0.2, 0) is 47.8 Å². The third-order valence-electron chi connectivity index (χ3n) is 0. The first-order chi connectivity index (χ1) is 6.00. The van der Waals surface area contributed by atoms with Crippen molar-refractivity contribution in [2.75, 3.05) is 0 Å². The van der Waals surface area contributed by atoms with Gasteiger partial charge in [-0.05, 0) is 0 Å². The summed E-state index contributed by atoms with van der Waals surface area (Å²) in [4.78, 5) is 50.6. The van der Waals surface area contributed by atoms with E-state index in [9.17, 15) is 12.6 Å². The number of rotatable bonds is 0. The van der Waals surface area contributed by atoms with Crippen LogP contribution in [-0.4, -0.2) is 137 Å². The first-order valence-electron chi connectivity index (χ1n) is 2.15. The zero-order chi connectivity index (χ0) is 13.5. The molecule has 0 aromatic rings. The molecule has 0 atom stereocenters. The van der Waals surface area contributed by atoms with Crippen LogP contribution in [0, 0.1) is 0 Å². The molecule has 0 saturated carbocycles. The Hall–Kier alpha value is 5.62. The van der Waals surface area contributed by atoms with Gasteiger partial charge in [-0.25, -0.2) is 12.6 Å². The van der Waals surface area contributed by atoms with Crippen LogP contribution in [0.2, 0.25) is 0 Å². The standard InChI is InChI=1S/2Al.3FH2O3P.2Fe.2K.2H/c;;3*1-5(2,3)4;;;;;;/h;;3*(H2,2,3,4);;;;;;/q;;;;;2*+3;;;;/p-6. The van der Waals surface area contributed by atoms with Crippen LogP contribution in [0.4, 0.5) is 12.6 Å². The van der Waals surface area contributed by atoms with E-state index in [0.717, 1.165) is 0 Å². The molecule has 0 saturated heterocycles. The zero-order valence-corrected chi connectivity index (χ0v) is 15.2. The van der Waals surface area contributed by atoms with Crippen molar-refractivity contribution < 1.29 is 89.8 Å². The molecule has 0 aliphatic carbocycles. The molecule has 8 radical (unpaired) electrons. The van der Waals surface area contributed by atoms with E-state index >= 15 is 0 Å². The number of hydrogen-bond donors (Lipinski definition) is 0. The van der Waals surface area contributed by atoms with Gasteiger partial charge >= 0.3 is 137 Å². The Labute approximate surface area is 245 Å².